The molecule has 104 valence electrons. The van der Waals surface area contributed by atoms with Crippen molar-refractivity contribution in [2.45, 2.75) is 19.1 Å². The van der Waals surface area contributed by atoms with Gasteiger partial charge in [-0.05, 0) is 23.8 Å². The Hall–Kier alpha value is -2.31. The monoisotopic (exact) mass is 270 g/mol. The fourth-order valence-electron chi connectivity index (χ4n) is 1.83. The van der Waals surface area contributed by atoms with Crippen molar-refractivity contribution in [2.24, 2.45) is 0 Å². The number of ether oxygens (including phenoxy) is 2. The van der Waals surface area contributed by atoms with Gasteiger partial charge in [0.05, 0.1) is 12.2 Å². The first kappa shape index (κ1) is 15.7. The molecule has 0 atom stereocenters. The predicted octanol–water partition coefficient (Wildman–Crippen LogP) is 2.94. The molecule has 0 fully saturated rings. The summed E-state index contributed by atoms with van der Waals surface area (Å²) in [5.74, 6) is 3.05. The highest BCUT2D eigenvalue weighted by molar-refractivity contribution is 5.81. The Balaban J connectivity index is 3.37. The zero-order valence-corrected chi connectivity index (χ0v) is 11.6. The molecule has 0 aliphatic carbocycles. The molecule has 0 aliphatic heterocycles. The van der Waals surface area contributed by atoms with Crippen molar-refractivity contribution < 1.29 is 14.3 Å². The largest absolute Gasteiger partial charge is 0.481 e. The molecule has 1 rings (SSSR count). The van der Waals surface area contributed by atoms with Crippen LogP contribution in [0.15, 0.2) is 37.4 Å². The van der Waals surface area contributed by atoms with E-state index in [0.29, 0.717) is 24.3 Å². The van der Waals surface area contributed by atoms with E-state index in [2.05, 4.69) is 19.1 Å². The molecule has 0 aliphatic rings. The zero-order valence-electron chi connectivity index (χ0n) is 11.6. The molecule has 0 aromatic heterocycles. The molecule has 1 aromatic rings. The van der Waals surface area contributed by atoms with Gasteiger partial charge in [-0.25, -0.2) is 0 Å². The van der Waals surface area contributed by atoms with Gasteiger partial charge >= 0.3 is 0 Å². The summed E-state index contributed by atoms with van der Waals surface area (Å²) in [6.45, 7) is 7.74. The number of aldehydes is 1. The Morgan fingerprint density at radius 3 is 2.60 bits per heavy atom. The molecule has 1 aromatic carbocycles. The number of methoxy groups -OCH3 is 1. The summed E-state index contributed by atoms with van der Waals surface area (Å²) in [5.41, 5.74) is 2.13. The highest BCUT2D eigenvalue weighted by Gasteiger charge is 2.16. The third kappa shape index (κ3) is 3.59. The summed E-state index contributed by atoms with van der Waals surface area (Å²) in [5, 5.41) is 0. The summed E-state index contributed by atoms with van der Waals surface area (Å²) in [6, 6.07) is 3.52. The van der Waals surface area contributed by atoms with Crippen LogP contribution in [0, 0.1) is 12.3 Å². The smallest absolute Gasteiger partial charge is 0.153 e. The predicted molar refractivity (Wildman–Crippen MR) is 79.9 cm³/mol. The molecule has 20 heavy (non-hydrogen) atoms. The standard InChI is InChI=1S/C17H18O3/c1-5-8-16-14(12-19-4)10-9-13(11-18)17(16)20-15(6-2)7-3/h1,6-7,9-11,15H,2-3,8,12H2,4H3. The van der Waals surface area contributed by atoms with Gasteiger partial charge in [-0.15, -0.1) is 12.3 Å². The van der Waals surface area contributed by atoms with E-state index in [-0.39, 0.29) is 6.10 Å². The van der Waals surface area contributed by atoms with Gasteiger partial charge in [0.15, 0.2) is 6.29 Å². The van der Waals surface area contributed by atoms with Crippen LogP contribution in [0.4, 0.5) is 0 Å². The second-order valence-corrected chi connectivity index (χ2v) is 4.11. The number of benzene rings is 1. The van der Waals surface area contributed by atoms with Gasteiger partial charge in [0.2, 0.25) is 0 Å². The van der Waals surface area contributed by atoms with Crippen molar-refractivity contribution >= 4 is 6.29 Å². The van der Waals surface area contributed by atoms with Crippen LogP contribution < -0.4 is 4.74 Å². The first-order chi connectivity index (χ1) is 9.71. The number of hydrogen-bond acceptors (Lipinski definition) is 3. The quantitative estimate of drug-likeness (QED) is 0.414. The van der Waals surface area contributed by atoms with Gasteiger partial charge in [0, 0.05) is 19.1 Å². The van der Waals surface area contributed by atoms with Gasteiger partial charge in [-0.1, -0.05) is 19.2 Å². The Bertz CT molecular complexity index is 530. The second-order valence-electron chi connectivity index (χ2n) is 4.11. The number of rotatable bonds is 8. The first-order valence-corrected chi connectivity index (χ1v) is 6.15. The molecule has 0 heterocycles. The average molecular weight is 270 g/mol. The molecule has 0 bridgehead atoms. The number of terminal acetylenes is 1. The van der Waals surface area contributed by atoms with E-state index in [1.807, 2.05) is 6.07 Å². The van der Waals surface area contributed by atoms with E-state index in [1.165, 1.54) is 0 Å². The van der Waals surface area contributed by atoms with Crippen LogP contribution in [0.2, 0.25) is 0 Å². The summed E-state index contributed by atoms with van der Waals surface area (Å²) in [7, 11) is 1.60. The molecule has 0 spiro atoms. The lowest BCUT2D eigenvalue weighted by Gasteiger charge is -2.19. The molecular formula is C17H18O3. The fraction of sp³-hybridized carbons (Fsp3) is 0.235. The fourth-order valence-corrected chi connectivity index (χ4v) is 1.83. The van der Waals surface area contributed by atoms with Gasteiger partial charge in [-0.2, -0.15) is 0 Å². The summed E-state index contributed by atoms with van der Waals surface area (Å²) < 4.78 is 10.9. The maximum absolute atomic E-state index is 11.2. The lowest BCUT2D eigenvalue weighted by molar-refractivity contribution is 0.111. The van der Waals surface area contributed by atoms with E-state index in [1.54, 1.807) is 25.3 Å². The number of carbonyl (C=O) groups is 1. The summed E-state index contributed by atoms with van der Waals surface area (Å²) in [6.07, 6.45) is 9.33. The molecule has 0 N–H and O–H groups in total. The maximum Gasteiger partial charge on any atom is 0.153 e. The van der Waals surface area contributed by atoms with E-state index < -0.39 is 0 Å². The molecule has 0 saturated carbocycles. The lowest BCUT2D eigenvalue weighted by Crippen LogP contribution is -2.13. The molecular weight excluding hydrogens is 252 g/mol. The van der Waals surface area contributed by atoms with Crippen molar-refractivity contribution in [1.82, 2.24) is 0 Å². The van der Waals surface area contributed by atoms with Crippen LogP contribution in [0.25, 0.3) is 0 Å². The summed E-state index contributed by atoms with van der Waals surface area (Å²) in [4.78, 5) is 11.2. The van der Waals surface area contributed by atoms with Crippen LogP contribution in [-0.2, 0) is 17.8 Å². The Labute approximate surface area is 119 Å². The second kappa shape index (κ2) is 7.98. The van der Waals surface area contributed by atoms with Gasteiger partial charge < -0.3 is 9.47 Å². The molecule has 0 radical (unpaired) electrons. The highest BCUT2D eigenvalue weighted by Crippen LogP contribution is 2.29. The molecule has 3 nitrogen and oxygen atoms in total. The summed E-state index contributed by atoms with van der Waals surface area (Å²) >= 11 is 0. The Kier molecular flexibility index (Phi) is 6.28. The van der Waals surface area contributed by atoms with Crippen molar-refractivity contribution in [1.29, 1.82) is 0 Å². The molecule has 0 unspecified atom stereocenters. The lowest BCUT2D eigenvalue weighted by atomic mass is 10.00. The highest BCUT2D eigenvalue weighted by atomic mass is 16.5. The van der Waals surface area contributed by atoms with Crippen molar-refractivity contribution in [3.63, 3.8) is 0 Å². The van der Waals surface area contributed by atoms with Crippen LogP contribution in [0.3, 0.4) is 0 Å². The van der Waals surface area contributed by atoms with Crippen LogP contribution in [0.1, 0.15) is 21.5 Å². The number of carbonyl (C=O) groups excluding carboxylic acids is 1. The topological polar surface area (TPSA) is 35.5 Å². The van der Waals surface area contributed by atoms with E-state index >= 15 is 0 Å². The maximum atomic E-state index is 11.2. The van der Waals surface area contributed by atoms with Gasteiger partial charge in [0.1, 0.15) is 11.9 Å². The van der Waals surface area contributed by atoms with Crippen molar-refractivity contribution in [2.75, 3.05) is 7.11 Å². The average Bonchev–Trinajstić information content (AvgIpc) is 2.47. The minimum Gasteiger partial charge on any atom is -0.481 e. The Morgan fingerprint density at radius 2 is 2.10 bits per heavy atom. The third-order valence-corrected chi connectivity index (χ3v) is 2.81. The third-order valence-electron chi connectivity index (χ3n) is 2.81. The van der Waals surface area contributed by atoms with Crippen molar-refractivity contribution in [3.8, 4) is 18.1 Å². The van der Waals surface area contributed by atoms with E-state index in [4.69, 9.17) is 15.9 Å². The van der Waals surface area contributed by atoms with Gasteiger partial charge in [-0.3, -0.25) is 4.79 Å². The minimum absolute atomic E-state index is 0.358. The number of hydrogen-bond donors (Lipinski definition) is 0. The van der Waals surface area contributed by atoms with Gasteiger partial charge in [0.25, 0.3) is 0 Å². The van der Waals surface area contributed by atoms with Crippen LogP contribution in [-0.4, -0.2) is 19.5 Å². The van der Waals surface area contributed by atoms with Crippen LogP contribution >= 0.6 is 0 Å². The van der Waals surface area contributed by atoms with Crippen molar-refractivity contribution in [3.05, 3.63) is 54.1 Å². The molecule has 0 saturated heterocycles. The minimum atomic E-state index is -0.386. The molecule has 0 amide bonds. The zero-order chi connectivity index (χ0) is 15.0. The first-order valence-electron chi connectivity index (χ1n) is 6.15. The Morgan fingerprint density at radius 1 is 1.40 bits per heavy atom. The van der Waals surface area contributed by atoms with E-state index in [9.17, 15) is 4.79 Å². The SMILES string of the molecule is C#CCc1c(COC)ccc(C=O)c1OC(C=C)C=C. The van der Waals surface area contributed by atoms with E-state index in [0.717, 1.165) is 17.4 Å². The van der Waals surface area contributed by atoms with Crippen LogP contribution in [0.5, 0.6) is 5.75 Å². The molecule has 3 heteroatoms. The normalized spacial score (nSPS) is 9.85.